The number of rotatable bonds is 11. The van der Waals surface area contributed by atoms with Crippen LogP contribution in [-0.2, 0) is 25.5 Å². The van der Waals surface area contributed by atoms with Crippen LogP contribution in [0.1, 0.15) is 25.3 Å². The molecule has 1 aromatic carbocycles. The predicted molar refractivity (Wildman–Crippen MR) is 93.9 cm³/mol. The molecule has 1 rings (SSSR count). The van der Waals surface area contributed by atoms with Crippen molar-refractivity contribution in [1.82, 2.24) is 4.90 Å². The molecule has 6 nitrogen and oxygen atoms in total. The van der Waals surface area contributed by atoms with E-state index in [1.54, 1.807) is 0 Å². The van der Waals surface area contributed by atoms with Crippen molar-refractivity contribution in [2.24, 2.45) is 5.92 Å². The van der Waals surface area contributed by atoms with E-state index in [0.29, 0.717) is 6.54 Å². The Labute approximate surface area is 148 Å². The third kappa shape index (κ3) is 8.69. The molecule has 6 heteroatoms. The van der Waals surface area contributed by atoms with Crippen LogP contribution in [0.3, 0.4) is 0 Å². The molecule has 1 atom stereocenters. The van der Waals surface area contributed by atoms with E-state index >= 15 is 0 Å². The summed E-state index contributed by atoms with van der Waals surface area (Å²) in [5.41, 5.74) is 1.13. The van der Waals surface area contributed by atoms with Crippen LogP contribution in [0, 0.1) is 5.92 Å². The van der Waals surface area contributed by atoms with E-state index in [1.807, 2.05) is 37.3 Å². The zero-order valence-electron chi connectivity index (χ0n) is 14.5. The third-order valence-corrected chi connectivity index (χ3v) is 3.54. The smallest absolute Gasteiger partial charge is 0.323 e. The molecule has 0 aromatic heterocycles. The van der Waals surface area contributed by atoms with Crippen molar-refractivity contribution in [1.29, 1.82) is 0 Å². The van der Waals surface area contributed by atoms with Crippen LogP contribution in [0.15, 0.2) is 43.0 Å². The zero-order valence-corrected chi connectivity index (χ0v) is 14.5. The first-order valence-electron chi connectivity index (χ1n) is 8.22. The van der Waals surface area contributed by atoms with Gasteiger partial charge in [0.2, 0.25) is 5.91 Å². The first-order chi connectivity index (χ1) is 11.9. The Morgan fingerprint density at radius 1 is 1.24 bits per heavy atom. The fourth-order valence-electron chi connectivity index (χ4n) is 2.47. The Bertz CT molecular complexity index is 585. The molecule has 1 N–H and O–H groups in total. The molecule has 25 heavy (non-hydrogen) atoms. The lowest BCUT2D eigenvalue weighted by Crippen LogP contribution is -2.39. The van der Waals surface area contributed by atoms with Crippen molar-refractivity contribution in [3.05, 3.63) is 48.6 Å². The molecule has 0 heterocycles. The highest BCUT2D eigenvalue weighted by Gasteiger charge is 2.20. The second kappa shape index (κ2) is 11.0. The van der Waals surface area contributed by atoms with Gasteiger partial charge in [0.1, 0.15) is 13.2 Å². The molecule has 1 aromatic rings. The highest BCUT2D eigenvalue weighted by molar-refractivity contribution is 5.84. The van der Waals surface area contributed by atoms with Crippen LogP contribution in [0.25, 0.3) is 0 Å². The molecule has 1 amide bonds. The van der Waals surface area contributed by atoms with Crippen molar-refractivity contribution in [3.8, 4) is 0 Å². The molecule has 0 aliphatic heterocycles. The van der Waals surface area contributed by atoms with Crippen molar-refractivity contribution in [2.75, 3.05) is 19.7 Å². The lowest BCUT2D eigenvalue weighted by atomic mass is 10.0. The van der Waals surface area contributed by atoms with Crippen LogP contribution in [0.2, 0.25) is 0 Å². The molecule has 136 valence electrons. The summed E-state index contributed by atoms with van der Waals surface area (Å²) in [5.74, 6) is -1.84. The largest absolute Gasteiger partial charge is 0.480 e. The van der Waals surface area contributed by atoms with Crippen molar-refractivity contribution < 1.29 is 24.2 Å². The maximum atomic E-state index is 12.3. The lowest BCUT2D eigenvalue weighted by Gasteiger charge is -2.24. The van der Waals surface area contributed by atoms with Crippen LogP contribution in [0.4, 0.5) is 0 Å². The summed E-state index contributed by atoms with van der Waals surface area (Å²) in [7, 11) is 0. The maximum Gasteiger partial charge on any atom is 0.323 e. The predicted octanol–water partition coefficient (Wildman–Crippen LogP) is 2.29. The van der Waals surface area contributed by atoms with Crippen molar-refractivity contribution >= 4 is 17.8 Å². The van der Waals surface area contributed by atoms with Crippen LogP contribution >= 0.6 is 0 Å². The van der Waals surface area contributed by atoms with Gasteiger partial charge in [-0.1, -0.05) is 49.9 Å². The Morgan fingerprint density at radius 3 is 2.52 bits per heavy atom. The average Bonchev–Trinajstić information content (AvgIpc) is 2.57. The quantitative estimate of drug-likeness (QED) is 0.490. The summed E-state index contributed by atoms with van der Waals surface area (Å²) < 4.78 is 4.82. The fraction of sp³-hybridized carbons (Fsp3) is 0.421. The van der Waals surface area contributed by atoms with Crippen LogP contribution in [0.5, 0.6) is 0 Å². The van der Waals surface area contributed by atoms with Gasteiger partial charge in [0.05, 0.1) is 6.42 Å². The van der Waals surface area contributed by atoms with Gasteiger partial charge in [0, 0.05) is 13.0 Å². The SMILES string of the molecule is C=CCOC(=O)CCC(=O)N(CC(=O)O)C[C@@H](C)Cc1ccccc1. The summed E-state index contributed by atoms with van der Waals surface area (Å²) in [6.07, 6.45) is 2.05. The number of ether oxygens (including phenoxy) is 1. The Balaban J connectivity index is 2.56. The normalized spacial score (nSPS) is 11.4. The van der Waals surface area contributed by atoms with Crippen LogP contribution < -0.4 is 0 Å². The number of carboxylic acids is 1. The Hall–Kier alpha value is -2.63. The second-order valence-electron chi connectivity index (χ2n) is 5.93. The van der Waals surface area contributed by atoms with Gasteiger partial charge < -0.3 is 14.7 Å². The topological polar surface area (TPSA) is 83.9 Å². The summed E-state index contributed by atoms with van der Waals surface area (Å²) in [6, 6.07) is 9.80. The summed E-state index contributed by atoms with van der Waals surface area (Å²) in [6.45, 7) is 5.45. The van der Waals surface area contributed by atoms with Crippen LogP contribution in [-0.4, -0.2) is 47.5 Å². The zero-order chi connectivity index (χ0) is 18.7. The minimum atomic E-state index is -1.07. The molecular formula is C19H25NO5. The number of hydrogen-bond donors (Lipinski definition) is 1. The first-order valence-corrected chi connectivity index (χ1v) is 8.22. The molecule has 0 fully saturated rings. The summed E-state index contributed by atoms with van der Waals surface area (Å²) in [4.78, 5) is 36.1. The minimum absolute atomic E-state index is 0.0681. The first kappa shape index (κ1) is 20.4. The van der Waals surface area contributed by atoms with Gasteiger partial charge in [-0.05, 0) is 17.9 Å². The van der Waals surface area contributed by atoms with E-state index in [9.17, 15) is 14.4 Å². The molecule has 0 aliphatic rings. The highest BCUT2D eigenvalue weighted by atomic mass is 16.5. The van der Waals surface area contributed by atoms with Gasteiger partial charge in [-0.15, -0.1) is 0 Å². The van der Waals surface area contributed by atoms with E-state index in [1.165, 1.54) is 11.0 Å². The van der Waals surface area contributed by atoms with Gasteiger partial charge in [-0.2, -0.15) is 0 Å². The van der Waals surface area contributed by atoms with E-state index in [0.717, 1.165) is 12.0 Å². The van der Waals surface area contributed by atoms with E-state index in [-0.39, 0.29) is 37.8 Å². The fourth-order valence-corrected chi connectivity index (χ4v) is 2.47. The number of benzene rings is 1. The lowest BCUT2D eigenvalue weighted by molar-refractivity contribution is -0.147. The highest BCUT2D eigenvalue weighted by Crippen LogP contribution is 2.11. The van der Waals surface area contributed by atoms with E-state index in [4.69, 9.17) is 9.84 Å². The average molecular weight is 347 g/mol. The van der Waals surface area contributed by atoms with Crippen molar-refractivity contribution in [3.63, 3.8) is 0 Å². The summed E-state index contributed by atoms with van der Waals surface area (Å²) in [5, 5.41) is 9.03. The number of amides is 1. The summed E-state index contributed by atoms with van der Waals surface area (Å²) >= 11 is 0. The Kier molecular flexibility index (Phi) is 9.00. The molecule has 0 saturated heterocycles. The monoisotopic (exact) mass is 347 g/mol. The molecule has 0 spiro atoms. The minimum Gasteiger partial charge on any atom is -0.480 e. The molecular weight excluding hydrogens is 322 g/mol. The van der Waals surface area contributed by atoms with Crippen molar-refractivity contribution in [2.45, 2.75) is 26.2 Å². The second-order valence-corrected chi connectivity index (χ2v) is 5.93. The molecule has 0 aliphatic carbocycles. The number of nitrogens with zero attached hydrogens (tertiary/aromatic N) is 1. The number of hydrogen-bond acceptors (Lipinski definition) is 4. The number of carboxylic acid groups (broad SMARTS) is 1. The Morgan fingerprint density at radius 2 is 1.92 bits per heavy atom. The standard InChI is InChI=1S/C19H25NO5/c1-3-11-25-19(24)10-9-17(21)20(14-18(22)23)13-15(2)12-16-7-5-4-6-8-16/h3-8,15H,1,9-14H2,2H3,(H,22,23)/t15-/m0/s1. The number of carbonyl (C=O) groups excluding carboxylic acids is 2. The van der Waals surface area contributed by atoms with Gasteiger partial charge in [0.15, 0.2) is 0 Å². The molecule has 0 saturated carbocycles. The van der Waals surface area contributed by atoms with E-state index in [2.05, 4.69) is 6.58 Å². The molecule has 0 radical (unpaired) electrons. The van der Waals surface area contributed by atoms with Gasteiger partial charge in [0.25, 0.3) is 0 Å². The molecule has 0 unspecified atom stereocenters. The molecule has 0 bridgehead atoms. The number of aliphatic carboxylic acids is 1. The van der Waals surface area contributed by atoms with Gasteiger partial charge in [-0.25, -0.2) is 0 Å². The maximum absolute atomic E-state index is 12.3. The van der Waals surface area contributed by atoms with Gasteiger partial charge in [-0.3, -0.25) is 14.4 Å². The number of esters is 1. The third-order valence-electron chi connectivity index (χ3n) is 3.54. The van der Waals surface area contributed by atoms with E-state index < -0.39 is 11.9 Å². The number of carbonyl (C=O) groups is 3. The van der Waals surface area contributed by atoms with Gasteiger partial charge >= 0.3 is 11.9 Å².